The fraction of sp³-hybridized carbons (Fsp3) is 0.200. The van der Waals surface area contributed by atoms with E-state index >= 15 is 0 Å². The Morgan fingerprint density at radius 3 is 2.27 bits per heavy atom. The molecule has 7 heteroatoms. The van der Waals surface area contributed by atoms with Gasteiger partial charge in [-0.15, -0.1) is 0 Å². The number of aliphatic hydroxyl groups is 1. The van der Waals surface area contributed by atoms with Crippen LogP contribution in [0.15, 0.2) is 42.5 Å². The molecule has 0 amide bonds. The highest BCUT2D eigenvalue weighted by Gasteiger charge is 2.24. The Morgan fingerprint density at radius 2 is 1.68 bits per heavy atom. The highest BCUT2D eigenvalue weighted by Crippen LogP contribution is 2.23. The number of rotatable bonds is 5. The average molecular weight is 347 g/mol. The van der Waals surface area contributed by atoms with E-state index in [4.69, 9.17) is 11.6 Å². The molecule has 0 bridgehead atoms. The summed E-state index contributed by atoms with van der Waals surface area (Å²) in [6, 6.07) is 9.31. The summed E-state index contributed by atoms with van der Waals surface area (Å²) in [6.45, 7) is 0. The molecule has 0 aliphatic rings. The number of aliphatic hydroxyl groups excluding tert-OH is 1. The molecule has 2 aromatic carbocycles. The Morgan fingerprint density at radius 1 is 1.09 bits per heavy atom. The van der Waals surface area contributed by atoms with Gasteiger partial charge in [-0.25, -0.2) is 17.2 Å². The Bertz CT molecular complexity index is 758. The molecular formula is C15H13ClF2O3S. The molecule has 0 saturated heterocycles. The topological polar surface area (TPSA) is 54.4 Å². The number of hydrogen-bond acceptors (Lipinski definition) is 3. The van der Waals surface area contributed by atoms with Crippen molar-refractivity contribution in [2.24, 2.45) is 0 Å². The number of sulfone groups is 1. The lowest BCUT2D eigenvalue weighted by Gasteiger charge is -2.13. The fourth-order valence-corrected chi connectivity index (χ4v) is 3.76. The fourth-order valence-electron chi connectivity index (χ4n) is 2.09. The molecule has 118 valence electrons. The smallest absolute Gasteiger partial charge is 0.157 e. The van der Waals surface area contributed by atoms with E-state index in [-0.39, 0.29) is 5.75 Å². The molecule has 0 aromatic heterocycles. The maximum absolute atomic E-state index is 13.5. The van der Waals surface area contributed by atoms with E-state index in [9.17, 15) is 22.3 Å². The molecule has 2 aromatic rings. The zero-order chi connectivity index (χ0) is 16.3. The lowest BCUT2D eigenvalue weighted by atomic mass is 10.1. The van der Waals surface area contributed by atoms with Crippen LogP contribution >= 0.6 is 11.6 Å². The van der Waals surface area contributed by atoms with E-state index < -0.39 is 38.9 Å². The molecule has 0 spiro atoms. The maximum atomic E-state index is 13.5. The third kappa shape index (κ3) is 4.25. The van der Waals surface area contributed by atoms with Gasteiger partial charge >= 0.3 is 0 Å². The van der Waals surface area contributed by atoms with E-state index in [2.05, 4.69) is 0 Å². The zero-order valence-electron chi connectivity index (χ0n) is 11.3. The van der Waals surface area contributed by atoms with Crippen LogP contribution in [-0.2, 0) is 15.6 Å². The third-order valence-electron chi connectivity index (χ3n) is 3.02. The van der Waals surface area contributed by atoms with E-state index in [1.54, 1.807) is 18.2 Å². The van der Waals surface area contributed by atoms with Crippen molar-refractivity contribution < 1.29 is 22.3 Å². The number of hydrogen-bond donors (Lipinski definition) is 1. The number of benzene rings is 2. The molecule has 1 N–H and O–H groups in total. The van der Waals surface area contributed by atoms with Gasteiger partial charge in [0.2, 0.25) is 0 Å². The van der Waals surface area contributed by atoms with Crippen LogP contribution in [0.3, 0.4) is 0 Å². The van der Waals surface area contributed by atoms with E-state index in [0.29, 0.717) is 10.6 Å². The molecule has 22 heavy (non-hydrogen) atoms. The van der Waals surface area contributed by atoms with Gasteiger partial charge < -0.3 is 5.11 Å². The Balaban J connectivity index is 2.18. The van der Waals surface area contributed by atoms with Gasteiger partial charge in [0.25, 0.3) is 0 Å². The molecule has 3 nitrogen and oxygen atoms in total. The van der Waals surface area contributed by atoms with Crippen molar-refractivity contribution in [2.45, 2.75) is 11.9 Å². The first-order chi connectivity index (χ1) is 10.3. The van der Waals surface area contributed by atoms with Gasteiger partial charge in [-0.2, -0.15) is 0 Å². The standard InChI is InChI=1S/C15H13ClF2O3S/c16-11-4-1-3-10(7-11)8-22(20,21)9-14(19)15-12(17)5-2-6-13(15)18/h1-7,14,19H,8-9H2. The molecule has 0 aliphatic carbocycles. The Hall–Kier alpha value is -1.50. The van der Waals surface area contributed by atoms with Crippen molar-refractivity contribution in [1.29, 1.82) is 0 Å². The summed E-state index contributed by atoms with van der Waals surface area (Å²) in [5.41, 5.74) is -0.203. The minimum atomic E-state index is -3.77. The minimum absolute atomic E-state index is 0.374. The van der Waals surface area contributed by atoms with Crippen molar-refractivity contribution in [2.75, 3.05) is 5.75 Å². The van der Waals surface area contributed by atoms with Gasteiger partial charge in [-0.05, 0) is 29.8 Å². The first-order valence-electron chi connectivity index (χ1n) is 6.35. The molecule has 0 heterocycles. The Kier molecular flexibility index (Phi) is 5.16. The quantitative estimate of drug-likeness (QED) is 0.904. The van der Waals surface area contributed by atoms with Crippen LogP contribution in [0.4, 0.5) is 8.78 Å². The van der Waals surface area contributed by atoms with Gasteiger partial charge in [-0.1, -0.05) is 29.8 Å². The predicted molar refractivity (Wildman–Crippen MR) is 80.3 cm³/mol. The second-order valence-corrected chi connectivity index (χ2v) is 7.38. The van der Waals surface area contributed by atoms with Crippen LogP contribution < -0.4 is 0 Å². The van der Waals surface area contributed by atoms with E-state index in [0.717, 1.165) is 18.2 Å². The van der Waals surface area contributed by atoms with Gasteiger partial charge in [0.05, 0.1) is 23.2 Å². The van der Waals surface area contributed by atoms with Gasteiger partial charge in [-0.3, -0.25) is 0 Å². The van der Waals surface area contributed by atoms with Crippen molar-refractivity contribution in [3.05, 3.63) is 70.2 Å². The molecule has 0 radical (unpaired) electrons. The van der Waals surface area contributed by atoms with Gasteiger partial charge in [0, 0.05) is 5.02 Å². The second kappa shape index (κ2) is 6.73. The molecule has 1 atom stereocenters. The van der Waals surface area contributed by atoms with Crippen LogP contribution in [0.25, 0.3) is 0 Å². The first kappa shape index (κ1) is 16.9. The van der Waals surface area contributed by atoms with Crippen molar-refractivity contribution >= 4 is 21.4 Å². The van der Waals surface area contributed by atoms with Crippen LogP contribution in [0.2, 0.25) is 5.02 Å². The summed E-state index contributed by atoms with van der Waals surface area (Å²) in [4.78, 5) is 0. The lowest BCUT2D eigenvalue weighted by Crippen LogP contribution is -2.18. The lowest BCUT2D eigenvalue weighted by molar-refractivity contribution is 0.191. The normalized spacial score (nSPS) is 13.1. The summed E-state index contributed by atoms with van der Waals surface area (Å²) >= 11 is 5.77. The molecule has 2 rings (SSSR count). The van der Waals surface area contributed by atoms with Gasteiger partial charge in [0.15, 0.2) is 9.84 Å². The van der Waals surface area contributed by atoms with Crippen molar-refractivity contribution in [3.63, 3.8) is 0 Å². The molecule has 1 unspecified atom stereocenters. The second-order valence-electron chi connectivity index (χ2n) is 4.84. The Labute approximate surface area is 132 Å². The third-order valence-corrected chi connectivity index (χ3v) is 4.85. The average Bonchev–Trinajstić information content (AvgIpc) is 2.36. The van der Waals surface area contributed by atoms with Crippen molar-refractivity contribution in [3.8, 4) is 0 Å². The van der Waals surface area contributed by atoms with E-state index in [1.807, 2.05) is 0 Å². The molecule has 0 saturated carbocycles. The number of halogens is 3. The van der Waals surface area contributed by atoms with Crippen LogP contribution in [0.5, 0.6) is 0 Å². The maximum Gasteiger partial charge on any atom is 0.157 e. The highest BCUT2D eigenvalue weighted by molar-refractivity contribution is 7.90. The van der Waals surface area contributed by atoms with Crippen molar-refractivity contribution in [1.82, 2.24) is 0 Å². The van der Waals surface area contributed by atoms with Crippen LogP contribution in [-0.4, -0.2) is 19.3 Å². The summed E-state index contributed by atoms with van der Waals surface area (Å²) in [5, 5.41) is 10.2. The molecule has 0 aliphatic heterocycles. The SMILES string of the molecule is O=S(=O)(Cc1cccc(Cl)c1)CC(O)c1c(F)cccc1F. The first-order valence-corrected chi connectivity index (χ1v) is 8.55. The predicted octanol–water partition coefficient (Wildman–Crippen LogP) is 3.27. The summed E-state index contributed by atoms with van der Waals surface area (Å²) in [7, 11) is -3.77. The largest absolute Gasteiger partial charge is 0.387 e. The molecule has 0 fully saturated rings. The van der Waals surface area contributed by atoms with Crippen LogP contribution in [0.1, 0.15) is 17.2 Å². The molecular weight excluding hydrogens is 334 g/mol. The monoisotopic (exact) mass is 346 g/mol. The highest BCUT2D eigenvalue weighted by atomic mass is 35.5. The summed E-state index contributed by atoms with van der Waals surface area (Å²) in [6.07, 6.45) is -1.77. The summed E-state index contributed by atoms with van der Waals surface area (Å²) in [5.74, 6) is -3.12. The van der Waals surface area contributed by atoms with E-state index in [1.165, 1.54) is 6.07 Å². The van der Waals surface area contributed by atoms with Crippen LogP contribution in [0, 0.1) is 11.6 Å². The summed E-state index contributed by atoms with van der Waals surface area (Å²) < 4.78 is 51.2. The zero-order valence-corrected chi connectivity index (χ0v) is 12.9. The minimum Gasteiger partial charge on any atom is -0.387 e. The van der Waals surface area contributed by atoms with Gasteiger partial charge in [0.1, 0.15) is 11.6 Å².